The molecule has 1 aromatic carbocycles. The second-order valence-electron chi connectivity index (χ2n) is 6.45. The van der Waals surface area contributed by atoms with Crippen LogP contribution in [0.5, 0.6) is 0 Å². The van der Waals surface area contributed by atoms with E-state index in [-0.39, 0.29) is 5.60 Å². The van der Waals surface area contributed by atoms with Crippen molar-refractivity contribution in [2.24, 2.45) is 0 Å². The van der Waals surface area contributed by atoms with E-state index in [1.165, 1.54) is 0 Å². The predicted molar refractivity (Wildman–Crippen MR) is 82.6 cm³/mol. The van der Waals surface area contributed by atoms with Gasteiger partial charge in [0.25, 0.3) is 0 Å². The molecule has 5 heteroatoms. The van der Waals surface area contributed by atoms with Gasteiger partial charge >= 0.3 is 6.09 Å². The molecular formula is C16H24N2O3. The number of benzene rings is 1. The first kappa shape index (κ1) is 15.8. The second-order valence-corrected chi connectivity index (χ2v) is 6.45. The van der Waals surface area contributed by atoms with Gasteiger partial charge in [0.15, 0.2) is 0 Å². The molecule has 1 heterocycles. The molecular weight excluding hydrogens is 268 g/mol. The number of hydrogen-bond donors (Lipinski definition) is 2. The highest BCUT2D eigenvalue weighted by Crippen LogP contribution is 2.26. The SMILES string of the molecule is COC1(Cc2ccccc2NC(=O)OC(C)(C)C)CNC1. The highest BCUT2D eigenvalue weighted by molar-refractivity contribution is 5.86. The van der Waals surface area contributed by atoms with E-state index in [0.29, 0.717) is 0 Å². The largest absolute Gasteiger partial charge is 0.444 e. The lowest BCUT2D eigenvalue weighted by atomic mass is 9.88. The Labute approximate surface area is 126 Å². The molecule has 1 aliphatic heterocycles. The zero-order valence-corrected chi connectivity index (χ0v) is 13.2. The van der Waals surface area contributed by atoms with Gasteiger partial charge in [0.05, 0.1) is 5.60 Å². The Morgan fingerprint density at radius 2 is 2.00 bits per heavy atom. The lowest BCUT2D eigenvalue weighted by Crippen LogP contribution is -2.61. The minimum Gasteiger partial charge on any atom is -0.444 e. The molecule has 5 nitrogen and oxygen atoms in total. The van der Waals surface area contributed by atoms with Crippen molar-refractivity contribution in [1.82, 2.24) is 5.32 Å². The van der Waals surface area contributed by atoms with Crippen LogP contribution < -0.4 is 10.6 Å². The fourth-order valence-corrected chi connectivity index (χ4v) is 2.30. The van der Waals surface area contributed by atoms with Gasteiger partial charge in [0.2, 0.25) is 0 Å². The Morgan fingerprint density at radius 3 is 2.52 bits per heavy atom. The van der Waals surface area contributed by atoms with Crippen molar-refractivity contribution in [3.8, 4) is 0 Å². The van der Waals surface area contributed by atoms with Gasteiger partial charge in [-0.15, -0.1) is 0 Å². The van der Waals surface area contributed by atoms with Gasteiger partial charge in [0.1, 0.15) is 5.60 Å². The van der Waals surface area contributed by atoms with Gasteiger partial charge in [-0.25, -0.2) is 4.79 Å². The lowest BCUT2D eigenvalue weighted by molar-refractivity contribution is -0.0501. The number of carbonyl (C=O) groups is 1. The van der Waals surface area contributed by atoms with Crippen LogP contribution in [0, 0.1) is 0 Å². The average Bonchev–Trinajstić information content (AvgIpc) is 2.33. The van der Waals surface area contributed by atoms with Gasteiger partial charge < -0.3 is 14.8 Å². The summed E-state index contributed by atoms with van der Waals surface area (Å²) in [6, 6.07) is 7.75. The van der Waals surface area contributed by atoms with E-state index < -0.39 is 11.7 Å². The first-order chi connectivity index (χ1) is 9.84. The third-order valence-electron chi connectivity index (χ3n) is 3.49. The molecule has 1 saturated heterocycles. The number of methoxy groups -OCH3 is 1. The Bertz CT molecular complexity index is 499. The van der Waals surface area contributed by atoms with Crippen molar-refractivity contribution in [2.75, 3.05) is 25.5 Å². The standard InChI is InChI=1S/C16H24N2O3/c1-15(2,3)21-14(19)18-13-8-6-5-7-12(13)9-16(20-4)10-17-11-16/h5-8,17H,9-11H2,1-4H3,(H,18,19). The molecule has 2 rings (SSSR count). The van der Waals surface area contributed by atoms with Crippen molar-refractivity contribution in [3.05, 3.63) is 29.8 Å². The Morgan fingerprint density at radius 1 is 1.33 bits per heavy atom. The molecule has 0 bridgehead atoms. The summed E-state index contributed by atoms with van der Waals surface area (Å²) >= 11 is 0. The number of amides is 1. The van der Waals surface area contributed by atoms with E-state index in [0.717, 1.165) is 30.8 Å². The van der Waals surface area contributed by atoms with Gasteiger partial charge in [-0.05, 0) is 32.4 Å². The summed E-state index contributed by atoms with van der Waals surface area (Å²) in [6.45, 7) is 7.18. The van der Waals surface area contributed by atoms with Crippen LogP contribution in [0.2, 0.25) is 0 Å². The molecule has 0 spiro atoms. The summed E-state index contributed by atoms with van der Waals surface area (Å²) in [5, 5.41) is 6.05. The van der Waals surface area contributed by atoms with Gasteiger partial charge in [0, 0.05) is 32.3 Å². The maximum Gasteiger partial charge on any atom is 0.412 e. The molecule has 116 valence electrons. The maximum atomic E-state index is 11.9. The molecule has 0 radical (unpaired) electrons. The molecule has 21 heavy (non-hydrogen) atoms. The molecule has 0 aromatic heterocycles. The van der Waals surface area contributed by atoms with Crippen LogP contribution in [0.15, 0.2) is 24.3 Å². The third kappa shape index (κ3) is 4.19. The molecule has 1 aliphatic rings. The van der Waals surface area contributed by atoms with E-state index >= 15 is 0 Å². The van der Waals surface area contributed by atoms with Gasteiger partial charge in [-0.1, -0.05) is 18.2 Å². The van der Waals surface area contributed by atoms with Crippen LogP contribution in [0.4, 0.5) is 10.5 Å². The van der Waals surface area contributed by atoms with E-state index in [4.69, 9.17) is 9.47 Å². The van der Waals surface area contributed by atoms with Crippen LogP contribution in [-0.4, -0.2) is 37.5 Å². The summed E-state index contributed by atoms with van der Waals surface area (Å²) in [4.78, 5) is 11.9. The minimum atomic E-state index is -0.509. The third-order valence-corrected chi connectivity index (χ3v) is 3.49. The van der Waals surface area contributed by atoms with Crippen LogP contribution in [0.1, 0.15) is 26.3 Å². The summed E-state index contributed by atoms with van der Waals surface area (Å²) in [5.74, 6) is 0. The van der Waals surface area contributed by atoms with Crippen LogP contribution in [0.25, 0.3) is 0 Å². The van der Waals surface area contributed by atoms with Crippen LogP contribution in [-0.2, 0) is 15.9 Å². The topological polar surface area (TPSA) is 59.6 Å². The van der Waals surface area contributed by atoms with Crippen molar-refractivity contribution >= 4 is 11.8 Å². The number of anilines is 1. The minimum absolute atomic E-state index is 0.175. The predicted octanol–water partition coefficient (Wildman–Crippen LogP) is 2.56. The fourth-order valence-electron chi connectivity index (χ4n) is 2.30. The van der Waals surface area contributed by atoms with E-state index in [9.17, 15) is 4.79 Å². The average molecular weight is 292 g/mol. The van der Waals surface area contributed by atoms with Gasteiger partial charge in [-0.3, -0.25) is 5.32 Å². The Kier molecular flexibility index (Phi) is 4.54. The summed E-state index contributed by atoms with van der Waals surface area (Å²) < 4.78 is 10.9. The summed E-state index contributed by atoms with van der Waals surface area (Å²) in [6.07, 6.45) is 0.316. The highest BCUT2D eigenvalue weighted by Gasteiger charge is 2.37. The Balaban J connectivity index is 2.08. The van der Waals surface area contributed by atoms with Crippen LogP contribution >= 0.6 is 0 Å². The molecule has 0 saturated carbocycles. The van der Waals surface area contributed by atoms with Crippen molar-refractivity contribution in [3.63, 3.8) is 0 Å². The molecule has 0 unspecified atom stereocenters. The second kappa shape index (κ2) is 6.03. The normalized spacial score (nSPS) is 17.0. The zero-order valence-electron chi connectivity index (χ0n) is 13.2. The molecule has 1 aromatic rings. The highest BCUT2D eigenvalue weighted by atomic mass is 16.6. The number of nitrogens with one attached hydrogen (secondary N) is 2. The van der Waals surface area contributed by atoms with Crippen LogP contribution in [0.3, 0.4) is 0 Å². The van der Waals surface area contributed by atoms with E-state index in [1.807, 2.05) is 45.0 Å². The lowest BCUT2D eigenvalue weighted by Gasteiger charge is -2.41. The maximum absolute atomic E-state index is 11.9. The number of ether oxygens (including phenoxy) is 2. The molecule has 1 amide bonds. The quantitative estimate of drug-likeness (QED) is 0.895. The summed E-state index contributed by atoms with van der Waals surface area (Å²) in [5.41, 5.74) is 1.14. The Hall–Kier alpha value is -1.59. The number of hydrogen-bond acceptors (Lipinski definition) is 4. The smallest absolute Gasteiger partial charge is 0.412 e. The monoisotopic (exact) mass is 292 g/mol. The van der Waals surface area contributed by atoms with Crippen molar-refractivity contribution in [2.45, 2.75) is 38.4 Å². The fraction of sp³-hybridized carbons (Fsp3) is 0.562. The molecule has 1 fully saturated rings. The van der Waals surface area contributed by atoms with E-state index in [2.05, 4.69) is 10.6 Å². The molecule has 0 atom stereocenters. The zero-order chi connectivity index (χ0) is 15.5. The van der Waals surface area contributed by atoms with Gasteiger partial charge in [-0.2, -0.15) is 0 Å². The molecule has 2 N–H and O–H groups in total. The van der Waals surface area contributed by atoms with Crippen molar-refractivity contribution < 1.29 is 14.3 Å². The first-order valence-corrected chi connectivity index (χ1v) is 7.17. The van der Waals surface area contributed by atoms with Crippen molar-refractivity contribution in [1.29, 1.82) is 0 Å². The summed E-state index contributed by atoms with van der Waals surface area (Å²) in [7, 11) is 1.73. The number of para-hydroxylation sites is 1. The molecule has 0 aliphatic carbocycles. The first-order valence-electron chi connectivity index (χ1n) is 7.17. The van der Waals surface area contributed by atoms with E-state index in [1.54, 1.807) is 7.11 Å². The number of carbonyl (C=O) groups excluding carboxylic acids is 1. The number of rotatable bonds is 4.